The molecule has 3 rings (SSSR count). The second-order valence-electron chi connectivity index (χ2n) is 5.88. The Labute approximate surface area is 130 Å². The molecule has 1 aromatic rings. The second kappa shape index (κ2) is 6.92. The van der Waals surface area contributed by atoms with Crippen molar-refractivity contribution in [3.8, 4) is 0 Å². The van der Waals surface area contributed by atoms with E-state index in [0.717, 1.165) is 36.9 Å². The van der Waals surface area contributed by atoms with Crippen molar-refractivity contribution in [1.82, 2.24) is 10.2 Å². The summed E-state index contributed by atoms with van der Waals surface area (Å²) >= 11 is 0. The Kier molecular flexibility index (Phi) is 4.73. The van der Waals surface area contributed by atoms with Crippen molar-refractivity contribution >= 4 is 11.8 Å². The van der Waals surface area contributed by atoms with E-state index in [-0.39, 0.29) is 17.7 Å². The summed E-state index contributed by atoms with van der Waals surface area (Å²) < 4.78 is 5.26. The molecule has 0 bridgehead atoms. The van der Waals surface area contributed by atoms with E-state index >= 15 is 0 Å². The van der Waals surface area contributed by atoms with Crippen LogP contribution in [0.25, 0.3) is 0 Å². The summed E-state index contributed by atoms with van der Waals surface area (Å²) in [5, 5.41) is 2.96. The Morgan fingerprint density at radius 2 is 2.05 bits per heavy atom. The van der Waals surface area contributed by atoms with Crippen LogP contribution in [0, 0.1) is 5.92 Å². The minimum absolute atomic E-state index is 0.0616. The second-order valence-corrected chi connectivity index (χ2v) is 5.88. The van der Waals surface area contributed by atoms with E-state index in [4.69, 9.17) is 4.74 Å². The molecule has 22 heavy (non-hydrogen) atoms. The van der Waals surface area contributed by atoms with Crippen LogP contribution >= 0.6 is 0 Å². The predicted molar refractivity (Wildman–Crippen MR) is 82.6 cm³/mol. The standard InChI is InChI=1S/C17H22N2O3/c20-16(14-6-11-22-12-7-14)18-8-10-19-9-5-13-3-1-2-4-15(13)17(19)21/h1-4,14H,5-12H2,(H,18,20). The van der Waals surface area contributed by atoms with E-state index in [2.05, 4.69) is 5.32 Å². The maximum atomic E-state index is 12.4. The number of carbonyl (C=O) groups is 2. The SMILES string of the molecule is O=C(NCCN1CCc2ccccc2C1=O)C1CCOCC1. The fraction of sp³-hybridized carbons (Fsp3) is 0.529. The van der Waals surface area contributed by atoms with Crippen LogP contribution in [0.4, 0.5) is 0 Å². The van der Waals surface area contributed by atoms with Crippen LogP contribution in [0.2, 0.25) is 0 Å². The summed E-state index contributed by atoms with van der Waals surface area (Å²) in [5.74, 6) is 0.224. The molecule has 0 unspecified atom stereocenters. The van der Waals surface area contributed by atoms with Crippen LogP contribution in [0.1, 0.15) is 28.8 Å². The van der Waals surface area contributed by atoms with Gasteiger partial charge in [0.2, 0.25) is 5.91 Å². The molecule has 0 saturated carbocycles. The zero-order chi connectivity index (χ0) is 15.4. The van der Waals surface area contributed by atoms with Crippen molar-refractivity contribution < 1.29 is 14.3 Å². The average Bonchev–Trinajstić information content (AvgIpc) is 2.58. The molecule has 5 heteroatoms. The first kappa shape index (κ1) is 15.0. The van der Waals surface area contributed by atoms with E-state index in [9.17, 15) is 9.59 Å². The fourth-order valence-electron chi connectivity index (χ4n) is 3.11. The van der Waals surface area contributed by atoms with Gasteiger partial charge in [-0.3, -0.25) is 9.59 Å². The molecule has 0 spiro atoms. The number of nitrogens with one attached hydrogen (secondary N) is 1. The first-order valence-corrected chi connectivity index (χ1v) is 7.98. The van der Waals surface area contributed by atoms with Gasteiger partial charge in [0.1, 0.15) is 0 Å². The third-order valence-corrected chi connectivity index (χ3v) is 4.46. The van der Waals surface area contributed by atoms with Gasteiger partial charge in [0.25, 0.3) is 5.91 Å². The molecule has 1 saturated heterocycles. The lowest BCUT2D eigenvalue weighted by molar-refractivity contribution is -0.127. The Morgan fingerprint density at radius 3 is 2.86 bits per heavy atom. The van der Waals surface area contributed by atoms with Gasteiger partial charge in [-0.05, 0) is 30.9 Å². The molecule has 2 amide bonds. The Hall–Kier alpha value is -1.88. The van der Waals surface area contributed by atoms with Gasteiger partial charge in [0.15, 0.2) is 0 Å². The molecule has 1 fully saturated rings. The van der Waals surface area contributed by atoms with Crippen molar-refractivity contribution in [2.24, 2.45) is 5.92 Å². The smallest absolute Gasteiger partial charge is 0.254 e. The first-order valence-electron chi connectivity index (χ1n) is 7.98. The van der Waals surface area contributed by atoms with E-state index in [1.807, 2.05) is 29.2 Å². The van der Waals surface area contributed by atoms with Crippen LogP contribution in [-0.2, 0) is 16.0 Å². The highest BCUT2D eigenvalue weighted by atomic mass is 16.5. The Bertz CT molecular complexity index is 553. The first-order chi connectivity index (χ1) is 10.8. The van der Waals surface area contributed by atoms with Crippen LogP contribution in [0.3, 0.4) is 0 Å². The number of benzene rings is 1. The average molecular weight is 302 g/mol. The van der Waals surface area contributed by atoms with Gasteiger partial charge in [-0.1, -0.05) is 18.2 Å². The van der Waals surface area contributed by atoms with Crippen LogP contribution in [0.5, 0.6) is 0 Å². The Morgan fingerprint density at radius 1 is 1.27 bits per heavy atom. The third-order valence-electron chi connectivity index (χ3n) is 4.46. The van der Waals surface area contributed by atoms with Gasteiger partial charge in [-0.25, -0.2) is 0 Å². The molecular weight excluding hydrogens is 280 g/mol. The van der Waals surface area contributed by atoms with Gasteiger partial charge < -0.3 is 15.0 Å². The maximum absolute atomic E-state index is 12.4. The topological polar surface area (TPSA) is 58.6 Å². The minimum atomic E-state index is 0.0616. The predicted octanol–water partition coefficient (Wildman–Crippen LogP) is 1.23. The van der Waals surface area contributed by atoms with Crippen molar-refractivity contribution in [3.63, 3.8) is 0 Å². The van der Waals surface area contributed by atoms with E-state index in [1.54, 1.807) is 0 Å². The monoisotopic (exact) mass is 302 g/mol. The van der Waals surface area contributed by atoms with Crippen LogP contribution in [0.15, 0.2) is 24.3 Å². The molecule has 1 N–H and O–H groups in total. The lowest BCUT2D eigenvalue weighted by Crippen LogP contribution is -2.43. The van der Waals surface area contributed by atoms with E-state index < -0.39 is 0 Å². The molecule has 1 aromatic carbocycles. The molecule has 118 valence electrons. The number of hydrogen-bond donors (Lipinski definition) is 1. The molecule has 5 nitrogen and oxygen atoms in total. The van der Waals surface area contributed by atoms with Gasteiger partial charge in [0, 0.05) is 44.3 Å². The Balaban J connectivity index is 1.48. The zero-order valence-corrected chi connectivity index (χ0v) is 12.7. The number of amides is 2. The number of rotatable bonds is 4. The summed E-state index contributed by atoms with van der Waals surface area (Å²) in [7, 11) is 0. The summed E-state index contributed by atoms with van der Waals surface area (Å²) in [6.07, 6.45) is 2.47. The minimum Gasteiger partial charge on any atom is -0.381 e. The van der Waals surface area contributed by atoms with Gasteiger partial charge in [-0.2, -0.15) is 0 Å². The lowest BCUT2D eigenvalue weighted by atomic mass is 9.99. The summed E-state index contributed by atoms with van der Waals surface area (Å²) in [4.78, 5) is 26.3. The van der Waals surface area contributed by atoms with E-state index in [0.29, 0.717) is 26.3 Å². The fourth-order valence-corrected chi connectivity index (χ4v) is 3.11. The molecule has 0 radical (unpaired) electrons. The molecule has 2 aliphatic heterocycles. The van der Waals surface area contributed by atoms with Crippen molar-refractivity contribution in [3.05, 3.63) is 35.4 Å². The number of hydrogen-bond acceptors (Lipinski definition) is 3. The van der Waals surface area contributed by atoms with Gasteiger partial charge in [0.05, 0.1) is 0 Å². The van der Waals surface area contributed by atoms with Crippen LogP contribution < -0.4 is 5.32 Å². The molecular formula is C17H22N2O3. The highest BCUT2D eigenvalue weighted by Crippen LogP contribution is 2.18. The normalized spacial score (nSPS) is 18.9. The molecule has 0 aromatic heterocycles. The third kappa shape index (κ3) is 3.30. The number of fused-ring (bicyclic) bond motifs is 1. The van der Waals surface area contributed by atoms with Crippen molar-refractivity contribution in [1.29, 1.82) is 0 Å². The van der Waals surface area contributed by atoms with Crippen LogP contribution in [-0.4, -0.2) is 49.6 Å². The van der Waals surface area contributed by atoms with Gasteiger partial charge >= 0.3 is 0 Å². The number of carbonyl (C=O) groups excluding carboxylic acids is 2. The molecule has 2 aliphatic rings. The molecule has 0 atom stereocenters. The number of ether oxygens (including phenoxy) is 1. The largest absolute Gasteiger partial charge is 0.381 e. The maximum Gasteiger partial charge on any atom is 0.254 e. The molecule has 0 aliphatic carbocycles. The lowest BCUT2D eigenvalue weighted by Gasteiger charge is -2.29. The highest BCUT2D eigenvalue weighted by molar-refractivity contribution is 5.96. The zero-order valence-electron chi connectivity index (χ0n) is 12.7. The summed E-state index contributed by atoms with van der Waals surface area (Å²) in [6.45, 7) is 3.15. The number of nitrogens with zero attached hydrogens (tertiary/aromatic N) is 1. The van der Waals surface area contributed by atoms with Gasteiger partial charge in [-0.15, -0.1) is 0 Å². The quantitative estimate of drug-likeness (QED) is 0.910. The summed E-state index contributed by atoms with van der Waals surface area (Å²) in [6, 6.07) is 7.75. The highest BCUT2D eigenvalue weighted by Gasteiger charge is 2.24. The van der Waals surface area contributed by atoms with Crippen molar-refractivity contribution in [2.75, 3.05) is 32.8 Å². The van der Waals surface area contributed by atoms with Crippen molar-refractivity contribution in [2.45, 2.75) is 19.3 Å². The summed E-state index contributed by atoms with van der Waals surface area (Å²) in [5.41, 5.74) is 1.92. The van der Waals surface area contributed by atoms with E-state index in [1.165, 1.54) is 0 Å². The molecule has 2 heterocycles.